The lowest BCUT2D eigenvalue weighted by atomic mass is 10.2. The second kappa shape index (κ2) is 7.22. The fourth-order valence-electron chi connectivity index (χ4n) is 1.89. The van der Waals surface area contributed by atoms with Gasteiger partial charge in [0.25, 0.3) is 11.1 Å². The van der Waals surface area contributed by atoms with Crippen LogP contribution in [-0.2, 0) is 4.79 Å². The average Bonchev–Trinajstić information content (AvgIpc) is 3.15. The van der Waals surface area contributed by atoms with E-state index in [0.29, 0.717) is 9.90 Å². The maximum Gasteiger partial charge on any atom is 0.405 e. The molecule has 0 aliphatic carbocycles. The molecule has 5 nitrogen and oxygen atoms in total. The molecule has 0 aliphatic heterocycles. The molecule has 0 fully saturated rings. The number of thiophene rings is 1. The summed E-state index contributed by atoms with van der Waals surface area (Å²) in [5.41, 5.74) is 0. The number of amides is 1. The summed E-state index contributed by atoms with van der Waals surface area (Å²) in [4.78, 5) is 12.0. The minimum absolute atomic E-state index is 0.0747. The SMILES string of the molecule is O=C(CSc1nnc(-c2sc3ccccc3c2Cl)o1)NCC(F)(F)F. The summed E-state index contributed by atoms with van der Waals surface area (Å²) in [5, 5.41) is 10.9. The van der Waals surface area contributed by atoms with Gasteiger partial charge in [-0.05, 0) is 6.07 Å². The van der Waals surface area contributed by atoms with Crippen LogP contribution in [0.2, 0.25) is 5.02 Å². The summed E-state index contributed by atoms with van der Waals surface area (Å²) in [6, 6.07) is 7.52. The lowest BCUT2D eigenvalue weighted by Crippen LogP contribution is -2.34. The van der Waals surface area contributed by atoms with Gasteiger partial charge >= 0.3 is 6.18 Å². The van der Waals surface area contributed by atoms with Crippen molar-refractivity contribution in [1.82, 2.24) is 15.5 Å². The van der Waals surface area contributed by atoms with Gasteiger partial charge in [0.2, 0.25) is 5.91 Å². The van der Waals surface area contributed by atoms with Gasteiger partial charge in [-0.2, -0.15) is 13.2 Å². The van der Waals surface area contributed by atoms with Gasteiger partial charge in [0.1, 0.15) is 11.4 Å². The van der Waals surface area contributed by atoms with Gasteiger partial charge in [-0.15, -0.1) is 21.5 Å². The number of hydrogen-bond donors (Lipinski definition) is 1. The lowest BCUT2D eigenvalue weighted by molar-refractivity contribution is -0.136. The van der Waals surface area contributed by atoms with E-state index in [1.165, 1.54) is 11.3 Å². The van der Waals surface area contributed by atoms with Crippen LogP contribution >= 0.6 is 34.7 Å². The predicted molar refractivity (Wildman–Crippen MR) is 89.9 cm³/mol. The fraction of sp³-hybridized carbons (Fsp3) is 0.214. The molecule has 0 radical (unpaired) electrons. The zero-order valence-electron chi connectivity index (χ0n) is 12.3. The molecule has 1 amide bonds. The van der Waals surface area contributed by atoms with E-state index >= 15 is 0 Å². The van der Waals surface area contributed by atoms with Gasteiger partial charge in [0, 0.05) is 10.1 Å². The van der Waals surface area contributed by atoms with Crippen LogP contribution in [0, 0.1) is 0 Å². The van der Waals surface area contributed by atoms with E-state index in [4.69, 9.17) is 16.0 Å². The maximum atomic E-state index is 12.0. The molecule has 0 spiro atoms. The molecular weight excluding hydrogens is 399 g/mol. The molecular formula is C14H9ClF3N3O2S2. The zero-order valence-corrected chi connectivity index (χ0v) is 14.7. The van der Waals surface area contributed by atoms with E-state index in [0.717, 1.165) is 21.8 Å². The number of alkyl halides is 3. The first-order valence-corrected chi connectivity index (χ1v) is 8.98. The van der Waals surface area contributed by atoms with Crippen LogP contribution in [0.1, 0.15) is 0 Å². The highest BCUT2D eigenvalue weighted by Crippen LogP contribution is 2.41. The molecule has 0 bridgehead atoms. The first kappa shape index (κ1) is 18.0. The van der Waals surface area contributed by atoms with Crippen molar-refractivity contribution in [2.24, 2.45) is 0 Å². The largest absolute Gasteiger partial charge is 0.410 e. The number of fused-ring (bicyclic) bond motifs is 1. The Labute approximate surface area is 152 Å². The second-order valence-electron chi connectivity index (χ2n) is 4.80. The Bertz CT molecular complexity index is 910. The molecule has 2 aromatic heterocycles. The average molecular weight is 408 g/mol. The quantitative estimate of drug-likeness (QED) is 0.636. The maximum absolute atomic E-state index is 12.0. The third kappa shape index (κ3) is 4.44. The number of benzene rings is 1. The smallest absolute Gasteiger partial charge is 0.405 e. The molecule has 11 heteroatoms. The number of thioether (sulfide) groups is 1. The van der Waals surface area contributed by atoms with Crippen molar-refractivity contribution >= 4 is 50.7 Å². The van der Waals surface area contributed by atoms with Crippen molar-refractivity contribution in [1.29, 1.82) is 0 Å². The Morgan fingerprint density at radius 2 is 2.08 bits per heavy atom. The van der Waals surface area contributed by atoms with Crippen molar-refractivity contribution in [2.75, 3.05) is 12.3 Å². The van der Waals surface area contributed by atoms with Crippen molar-refractivity contribution in [3.05, 3.63) is 29.3 Å². The Hall–Kier alpha value is -1.78. The van der Waals surface area contributed by atoms with Crippen molar-refractivity contribution in [2.45, 2.75) is 11.4 Å². The van der Waals surface area contributed by atoms with Gasteiger partial charge < -0.3 is 9.73 Å². The van der Waals surface area contributed by atoms with E-state index in [2.05, 4.69) is 10.2 Å². The molecule has 0 aliphatic rings. The topological polar surface area (TPSA) is 68.0 Å². The van der Waals surface area contributed by atoms with Crippen LogP contribution in [0.5, 0.6) is 0 Å². The normalized spacial score (nSPS) is 11.8. The van der Waals surface area contributed by atoms with Gasteiger partial charge in [-0.1, -0.05) is 41.6 Å². The van der Waals surface area contributed by atoms with Gasteiger partial charge in [0.05, 0.1) is 10.8 Å². The van der Waals surface area contributed by atoms with Crippen LogP contribution in [0.25, 0.3) is 20.9 Å². The summed E-state index contributed by atoms with van der Waals surface area (Å²) >= 11 is 8.55. The van der Waals surface area contributed by atoms with E-state index < -0.39 is 18.6 Å². The third-order valence-corrected chi connectivity index (χ3v) is 5.43. The zero-order chi connectivity index (χ0) is 18.0. The van der Waals surface area contributed by atoms with Crippen LogP contribution in [0.15, 0.2) is 33.9 Å². The minimum atomic E-state index is -4.45. The fourth-order valence-corrected chi connectivity index (χ4v) is 3.91. The highest BCUT2D eigenvalue weighted by molar-refractivity contribution is 7.99. The second-order valence-corrected chi connectivity index (χ2v) is 7.15. The Kier molecular flexibility index (Phi) is 5.21. The standard InChI is InChI=1S/C14H9ClF3N3O2S2/c15-10-7-3-1-2-4-8(7)25-11(10)12-20-21-13(23-12)24-5-9(22)19-6-14(16,17)18/h1-4H,5-6H2,(H,19,22). The number of nitrogens with one attached hydrogen (secondary N) is 1. The van der Waals surface area contributed by atoms with E-state index in [1.54, 1.807) is 5.32 Å². The van der Waals surface area contributed by atoms with Crippen LogP contribution in [0.3, 0.4) is 0 Å². The van der Waals surface area contributed by atoms with Gasteiger partial charge in [-0.25, -0.2) is 0 Å². The molecule has 0 atom stereocenters. The molecule has 132 valence electrons. The number of nitrogens with zero attached hydrogens (tertiary/aromatic N) is 2. The number of aromatic nitrogens is 2. The molecule has 2 heterocycles. The summed E-state index contributed by atoms with van der Waals surface area (Å²) in [7, 11) is 0. The van der Waals surface area contributed by atoms with Crippen LogP contribution < -0.4 is 5.32 Å². The molecule has 3 rings (SSSR count). The number of carbonyl (C=O) groups is 1. The van der Waals surface area contributed by atoms with Crippen LogP contribution in [-0.4, -0.2) is 34.6 Å². The first-order chi connectivity index (χ1) is 11.8. The Morgan fingerprint density at radius 3 is 2.80 bits per heavy atom. The highest BCUT2D eigenvalue weighted by Gasteiger charge is 2.27. The summed E-state index contributed by atoms with van der Waals surface area (Å²) in [6.45, 7) is -1.38. The molecule has 1 aromatic carbocycles. The molecule has 0 unspecified atom stereocenters. The number of rotatable bonds is 5. The summed E-state index contributed by atoms with van der Waals surface area (Å²) in [6.07, 6.45) is -4.45. The summed E-state index contributed by atoms with van der Waals surface area (Å²) in [5.74, 6) is -0.843. The predicted octanol–water partition coefficient (Wildman–Crippen LogP) is 4.38. The van der Waals surface area contributed by atoms with Crippen LogP contribution in [0.4, 0.5) is 13.2 Å². The number of hydrogen-bond acceptors (Lipinski definition) is 6. The van der Waals surface area contributed by atoms with Gasteiger partial charge in [-0.3, -0.25) is 4.79 Å². The molecule has 0 saturated heterocycles. The highest BCUT2D eigenvalue weighted by atomic mass is 35.5. The third-order valence-electron chi connectivity index (χ3n) is 2.95. The number of halogens is 4. The molecule has 3 aromatic rings. The van der Waals surface area contributed by atoms with Gasteiger partial charge in [0.15, 0.2) is 0 Å². The monoisotopic (exact) mass is 407 g/mol. The van der Waals surface area contributed by atoms with Crippen molar-refractivity contribution in [3.8, 4) is 10.8 Å². The summed E-state index contributed by atoms with van der Waals surface area (Å²) < 4.78 is 42.5. The van der Waals surface area contributed by atoms with E-state index in [1.807, 2.05) is 24.3 Å². The molecule has 0 saturated carbocycles. The first-order valence-electron chi connectivity index (χ1n) is 6.80. The molecule has 25 heavy (non-hydrogen) atoms. The van der Waals surface area contributed by atoms with Crippen molar-refractivity contribution < 1.29 is 22.4 Å². The van der Waals surface area contributed by atoms with Crippen molar-refractivity contribution in [3.63, 3.8) is 0 Å². The Balaban J connectivity index is 1.66. The molecule has 1 N–H and O–H groups in total. The number of carbonyl (C=O) groups excluding carboxylic acids is 1. The lowest BCUT2D eigenvalue weighted by Gasteiger charge is -2.06. The van der Waals surface area contributed by atoms with E-state index in [-0.39, 0.29) is 16.9 Å². The Morgan fingerprint density at radius 1 is 1.32 bits per heavy atom. The minimum Gasteiger partial charge on any atom is -0.410 e. The van der Waals surface area contributed by atoms with E-state index in [9.17, 15) is 18.0 Å².